The fourth-order valence-corrected chi connectivity index (χ4v) is 4.22. The van der Waals surface area contributed by atoms with E-state index in [4.69, 9.17) is 4.42 Å². The molecular formula is C23H29FN4O3. The van der Waals surface area contributed by atoms with Crippen LogP contribution < -0.4 is 5.32 Å². The van der Waals surface area contributed by atoms with Crippen LogP contribution in [0.2, 0.25) is 0 Å². The van der Waals surface area contributed by atoms with Gasteiger partial charge in [0.2, 0.25) is 5.91 Å². The van der Waals surface area contributed by atoms with Gasteiger partial charge in [0.25, 0.3) is 0 Å². The maximum absolute atomic E-state index is 13.1. The lowest BCUT2D eigenvalue weighted by Crippen LogP contribution is -2.54. The van der Waals surface area contributed by atoms with Crippen LogP contribution in [0.15, 0.2) is 34.9 Å². The molecule has 0 unspecified atom stereocenters. The molecule has 2 fully saturated rings. The van der Waals surface area contributed by atoms with Crippen molar-refractivity contribution in [1.29, 1.82) is 0 Å². The molecule has 2 aromatic rings. The average Bonchev–Trinajstić information content (AvgIpc) is 3.28. The van der Waals surface area contributed by atoms with Gasteiger partial charge in [0.1, 0.15) is 5.82 Å². The molecule has 2 heterocycles. The minimum absolute atomic E-state index is 0.00731. The normalized spacial score (nSPS) is 17.6. The van der Waals surface area contributed by atoms with Crippen molar-refractivity contribution in [3.8, 4) is 11.3 Å². The number of benzene rings is 1. The number of carbonyl (C=O) groups excluding carboxylic acids is 2. The summed E-state index contributed by atoms with van der Waals surface area (Å²) in [5.41, 5.74) is 0.745. The predicted octanol–water partition coefficient (Wildman–Crippen LogP) is 3.60. The zero-order valence-corrected chi connectivity index (χ0v) is 17.7. The number of amides is 3. The highest BCUT2D eigenvalue weighted by Crippen LogP contribution is 2.21. The number of piperazine rings is 1. The van der Waals surface area contributed by atoms with Crippen molar-refractivity contribution >= 4 is 11.9 Å². The summed E-state index contributed by atoms with van der Waals surface area (Å²) >= 11 is 0. The number of hydrogen-bond donors (Lipinski definition) is 1. The number of urea groups is 1. The molecule has 7 nitrogen and oxygen atoms in total. The Morgan fingerprint density at radius 2 is 1.71 bits per heavy atom. The Morgan fingerprint density at radius 3 is 2.42 bits per heavy atom. The summed E-state index contributed by atoms with van der Waals surface area (Å²) in [6.45, 7) is 2.20. The van der Waals surface area contributed by atoms with Gasteiger partial charge in [0.15, 0.2) is 11.7 Å². The van der Waals surface area contributed by atoms with Crippen molar-refractivity contribution in [2.24, 2.45) is 0 Å². The second kappa shape index (κ2) is 9.94. The first-order chi connectivity index (χ1) is 15.1. The SMILES string of the molecule is O=C(CCc1ncc(-c2ccc(F)cc2)o1)N1CCN(C(=O)NC2CCCCC2)CC1. The van der Waals surface area contributed by atoms with Crippen LogP contribution in [-0.4, -0.2) is 58.9 Å². The van der Waals surface area contributed by atoms with E-state index in [1.54, 1.807) is 28.1 Å². The number of carbonyl (C=O) groups is 2. The van der Waals surface area contributed by atoms with Crippen molar-refractivity contribution < 1.29 is 18.4 Å². The molecule has 1 saturated carbocycles. The summed E-state index contributed by atoms with van der Waals surface area (Å²) in [7, 11) is 0. The number of aromatic nitrogens is 1. The molecule has 2 aliphatic rings. The minimum atomic E-state index is -0.305. The van der Waals surface area contributed by atoms with Gasteiger partial charge in [-0.1, -0.05) is 19.3 Å². The molecule has 0 spiro atoms. The van der Waals surface area contributed by atoms with Crippen molar-refractivity contribution in [3.05, 3.63) is 42.2 Å². The van der Waals surface area contributed by atoms with Gasteiger partial charge in [-0.3, -0.25) is 4.79 Å². The molecule has 1 aliphatic heterocycles. The van der Waals surface area contributed by atoms with E-state index in [9.17, 15) is 14.0 Å². The van der Waals surface area contributed by atoms with Gasteiger partial charge in [-0.2, -0.15) is 0 Å². The molecule has 1 aromatic heterocycles. The summed E-state index contributed by atoms with van der Waals surface area (Å²) in [6, 6.07) is 6.30. The Labute approximate surface area is 181 Å². The minimum Gasteiger partial charge on any atom is -0.441 e. The van der Waals surface area contributed by atoms with E-state index < -0.39 is 0 Å². The van der Waals surface area contributed by atoms with Gasteiger partial charge >= 0.3 is 6.03 Å². The molecule has 0 bridgehead atoms. The first-order valence-corrected chi connectivity index (χ1v) is 11.1. The van der Waals surface area contributed by atoms with Crippen LogP contribution in [0, 0.1) is 5.82 Å². The molecule has 31 heavy (non-hydrogen) atoms. The first kappa shape index (κ1) is 21.3. The molecule has 0 atom stereocenters. The number of halogens is 1. The fourth-order valence-electron chi connectivity index (χ4n) is 4.22. The van der Waals surface area contributed by atoms with E-state index in [0.717, 1.165) is 18.4 Å². The maximum atomic E-state index is 13.1. The summed E-state index contributed by atoms with van der Waals surface area (Å²) in [5.74, 6) is 0.771. The summed E-state index contributed by atoms with van der Waals surface area (Å²) < 4.78 is 18.8. The van der Waals surface area contributed by atoms with E-state index in [1.165, 1.54) is 31.4 Å². The molecular weight excluding hydrogens is 399 g/mol. The van der Waals surface area contributed by atoms with Crippen molar-refractivity contribution in [1.82, 2.24) is 20.1 Å². The van der Waals surface area contributed by atoms with Crippen LogP contribution in [-0.2, 0) is 11.2 Å². The van der Waals surface area contributed by atoms with Gasteiger partial charge in [-0.15, -0.1) is 0 Å². The summed E-state index contributed by atoms with van der Waals surface area (Å²) in [6.07, 6.45) is 8.05. The number of hydrogen-bond acceptors (Lipinski definition) is 4. The third-order valence-corrected chi connectivity index (χ3v) is 6.09. The predicted molar refractivity (Wildman–Crippen MR) is 114 cm³/mol. The van der Waals surface area contributed by atoms with Crippen LogP contribution in [0.4, 0.5) is 9.18 Å². The van der Waals surface area contributed by atoms with E-state index in [-0.39, 0.29) is 17.8 Å². The second-order valence-electron chi connectivity index (χ2n) is 8.28. The first-order valence-electron chi connectivity index (χ1n) is 11.1. The lowest BCUT2D eigenvalue weighted by Gasteiger charge is -2.36. The van der Waals surface area contributed by atoms with Gasteiger partial charge in [-0.25, -0.2) is 14.2 Å². The van der Waals surface area contributed by atoms with Gasteiger partial charge in [0.05, 0.1) is 6.20 Å². The van der Waals surface area contributed by atoms with Crippen LogP contribution in [0.5, 0.6) is 0 Å². The molecule has 3 amide bonds. The fraction of sp³-hybridized carbons (Fsp3) is 0.522. The molecule has 1 aromatic carbocycles. The third kappa shape index (κ3) is 5.62. The van der Waals surface area contributed by atoms with Crippen molar-refractivity contribution in [2.75, 3.05) is 26.2 Å². The Balaban J connectivity index is 1.20. The standard InChI is InChI=1S/C23H29FN4O3/c24-18-8-6-17(7-9-18)20-16-25-21(31-20)10-11-22(29)27-12-14-28(15-13-27)23(30)26-19-4-2-1-3-5-19/h6-9,16,19H,1-5,10-15H2,(H,26,30). The number of nitrogens with one attached hydrogen (secondary N) is 1. The van der Waals surface area contributed by atoms with Crippen molar-refractivity contribution in [2.45, 2.75) is 51.0 Å². The molecule has 1 saturated heterocycles. The van der Waals surface area contributed by atoms with Crippen LogP contribution >= 0.6 is 0 Å². The molecule has 166 valence electrons. The van der Waals surface area contributed by atoms with Crippen LogP contribution in [0.1, 0.15) is 44.4 Å². The number of oxazole rings is 1. The monoisotopic (exact) mass is 428 g/mol. The van der Waals surface area contributed by atoms with E-state index in [1.807, 2.05) is 0 Å². The second-order valence-corrected chi connectivity index (χ2v) is 8.28. The highest BCUT2D eigenvalue weighted by Gasteiger charge is 2.26. The lowest BCUT2D eigenvalue weighted by atomic mass is 9.96. The zero-order chi connectivity index (χ0) is 21.6. The zero-order valence-electron chi connectivity index (χ0n) is 17.7. The number of rotatable bonds is 5. The van der Waals surface area contributed by atoms with Gasteiger partial charge in [-0.05, 0) is 37.1 Å². The molecule has 4 rings (SSSR count). The highest BCUT2D eigenvalue weighted by molar-refractivity contribution is 5.78. The largest absolute Gasteiger partial charge is 0.441 e. The Morgan fingerprint density at radius 1 is 1.03 bits per heavy atom. The molecule has 8 heteroatoms. The van der Waals surface area contributed by atoms with Gasteiger partial charge in [0, 0.05) is 50.6 Å². The summed E-state index contributed by atoms with van der Waals surface area (Å²) in [5, 5.41) is 3.14. The third-order valence-electron chi connectivity index (χ3n) is 6.09. The average molecular weight is 429 g/mol. The quantitative estimate of drug-likeness (QED) is 0.789. The smallest absolute Gasteiger partial charge is 0.317 e. The number of aryl methyl sites for hydroxylation is 1. The molecule has 1 N–H and O–H groups in total. The topological polar surface area (TPSA) is 78.7 Å². The van der Waals surface area contributed by atoms with Crippen LogP contribution in [0.25, 0.3) is 11.3 Å². The van der Waals surface area contributed by atoms with E-state index in [2.05, 4.69) is 10.3 Å². The summed E-state index contributed by atoms with van der Waals surface area (Å²) in [4.78, 5) is 32.9. The molecule has 0 radical (unpaired) electrons. The van der Waals surface area contributed by atoms with E-state index in [0.29, 0.717) is 56.7 Å². The highest BCUT2D eigenvalue weighted by atomic mass is 19.1. The van der Waals surface area contributed by atoms with Crippen LogP contribution in [0.3, 0.4) is 0 Å². The Hall–Kier alpha value is -2.90. The number of nitrogens with zero attached hydrogens (tertiary/aromatic N) is 3. The van der Waals surface area contributed by atoms with Gasteiger partial charge < -0.3 is 19.5 Å². The maximum Gasteiger partial charge on any atom is 0.317 e. The van der Waals surface area contributed by atoms with E-state index >= 15 is 0 Å². The Bertz CT molecular complexity index is 884. The Kier molecular flexibility index (Phi) is 6.84. The van der Waals surface area contributed by atoms with Crippen molar-refractivity contribution in [3.63, 3.8) is 0 Å². The lowest BCUT2D eigenvalue weighted by molar-refractivity contribution is -0.132. The molecule has 1 aliphatic carbocycles.